The van der Waals surface area contributed by atoms with Crippen LogP contribution in [0.25, 0.3) is 0 Å². The van der Waals surface area contributed by atoms with E-state index >= 15 is 0 Å². The van der Waals surface area contributed by atoms with Crippen LogP contribution in [0.4, 0.5) is 0 Å². The van der Waals surface area contributed by atoms with E-state index in [4.69, 9.17) is 11.6 Å². The zero-order chi connectivity index (χ0) is 15.7. The minimum absolute atomic E-state index is 0.142. The van der Waals surface area contributed by atoms with Gasteiger partial charge in [0.1, 0.15) is 0 Å². The normalized spacial score (nSPS) is 12.3. The fraction of sp³-hybridized carbons (Fsp3) is 0.562. The van der Waals surface area contributed by atoms with Crippen molar-refractivity contribution in [1.82, 2.24) is 16.0 Å². The number of nitrogens with zero attached hydrogens (tertiary/aromatic N) is 1. The van der Waals surface area contributed by atoms with E-state index in [1.165, 1.54) is 0 Å². The molecule has 3 N–H and O–H groups in total. The van der Waals surface area contributed by atoms with Gasteiger partial charge >= 0.3 is 0 Å². The summed E-state index contributed by atoms with van der Waals surface area (Å²) in [5.74, 6) is 0.817. The van der Waals surface area contributed by atoms with Crippen molar-refractivity contribution in [2.24, 2.45) is 4.99 Å². The first-order valence-corrected chi connectivity index (χ1v) is 7.73. The lowest BCUT2D eigenvalue weighted by atomic mass is 10.1. The molecule has 0 saturated carbocycles. The van der Waals surface area contributed by atoms with Crippen LogP contribution in [0.15, 0.2) is 29.3 Å². The highest BCUT2D eigenvalue weighted by molar-refractivity contribution is 6.31. The van der Waals surface area contributed by atoms with Crippen molar-refractivity contribution in [2.45, 2.75) is 32.7 Å². The Hall–Kier alpha value is -1.26. The molecule has 0 aliphatic carbocycles. The molecule has 1 aromatic rings. The average molecular weight is 311 g/mol. The number of hydrogen-bond donors (Lipinski definition) is 3. The first-order chi connectivity index (χ1) is 9.92. The van der Waals surface area contributed by atoms with E-state index in [0.29, 0.717) is 0 Å². The van der Waals surface area contributed by atoms with E-state index < -0.39 is 0 Å². The molecule has 1 rings (SSSR count). The van der Waals surface area contributed by atoms with Gasteiger partial charge < -0.3 is 16.0 Å². The lowest BCUT2D eigenvalue weighted by molar-refractivity contribution is 0.428. The second-order valence-corrected chi connectivity index (χ2v) is 6.35. The number of halogens is 1. The zero-order valence-electron chi connectivity index (χ0n) is 13.5. The highest BCUT2D eigenvalue weighted by Gasteiger charge is 2.07. The Kier molecular flexibility index (Phi) is 7.54. The average Bonchev–Trinajstić information content (AvgIpc) is 2.42. The maximum absolute atomic E-state index is 6.14. The van der Waals surface area contributed by atoms with Crippen molar-refractivity contribution in [2.75, 3.05) is 26.7 Å². The molecule has 0 unspecified atom stereocenters. The fourth-order valence-electron chi connectivity index (χ4n) is 1.86. The second-order valence-electron chi connectivity index (χ2n) is 5.94. The topological polar surface area (TPSA) is 48.5 Å². The lowest BCUT2D eigenvalue weighted by Crippen LogP contribution is -2.44. The monoisotopic (exact) mass is 310 g/mol. The van der Waals surface area contributed by atoms with Gasteiger partial charge in [-0.25, -0.2) is 0 Å². The molecular weight excluding hydrogens is 284 g/mol. The predicted octanol–water partition coefficient (Wildman–Crippen LogP) is 2.44. The third-order valence-corrected chi connectivity index (χ3v) is 3.31. The summed E-state index contributed by atoms with van der Waals surface area (Å²) in [6, 6.07) is 7.92. The maximum atomic E-state index is 6.14. The van der Waals surface area contributed by atoms with Crippen molar-refractivity contribution in [3.8, 4) is 0 Å². The largest absolute Gasteiger partial charge is 0.356 e. The zero-order valence-corrected chi connectivity index (χ0v) is 14.2. The summed E-state index contributed by atoms with van der Waals surface area (Å²) in [5.41, 5.74) is 1.29. The van der Waals surface area contributed by atoms with Gasteiger partial charge in [-0.15, -0.1) is 0 Å². The van der Waals surface area contributed by atoms with Crippen molar-refractivity contribution < 1.29 is 0 Å². The van der Waals surface area contributed by atoms with E-state index in [9.17, 15) is 0 Å². The number of guanidine groups is 1. The third-order valence-electron chi connectivity index (χ3n) is 2.94. The van der Waals surface area contributed by atoms with Gasteiger partial charge in [-0.3, -0.25) is 4.99 Å². The second kappa shape index (κ2) is 8.90. The summed E-state index contributed by atoms with van der Waals surface area (Å²) < 4.78 is 0. The van der Waals surface area contributed by atoms with Crippen LogP contribution in [0.5, 0.6) is 0 Å². The Labute approximate surface area is 133 Å². The van der Waals surface area contributed by atoms with Crippen LogP contribution >= 0.6 is 11.6 Å². The minimum atomic E-state index is 0.142. The summed E-state index contributed by atoms with van der Waals surface area (Å²) in [6.07, 6.45) is 0.876. The van der Waals surface area contributed by atoms with Gasteiger partial charge in [-0.1, -0.05) is 29.8 Å². The molecule has 0 saturated heterocycles. The fourth-order valence-corrected chi connectivity index (χ4v) is 2.09. The first kappa shape index (κ1) is 17.8. The summed E-state index contributed by atoms with van der Waals surface area (Å²) in [6.45, 7) is 9.00. The smallest absolute Gasteiger partial charge is 0.191 e. The Morgan fingerprint density at radius 2 is 1.76 bits per heavy atom. The van der Waals surface area contributed by atoms with Crippen LogP contribution in [-0.2, 0) is 6.42 Å². The molecule has 0 radical (unpaired) electrons. The highest BCUT2D eigenvalue weighted by atomic mass is 35.5. The molecular formula is C16H27ClN4. The molecule has 0 aromatic heterocycles. The summed E-state index contributed by atoms with van der Waals surface area (Å²) in [5, 5.41) is 10.8. The summed E-state index contributed by atoms with van der Waals surface area (Å²) >= 11 is 6.14. The molecule has 0 aliphatic rings. The van der Waals surface area contributed by atoms with E-state index in [-0.39, 0.29) is 5.54 Å². The number of hydrogen-bond acceptors (Lipinski definition) is 2. The maximum Gasteiger partial charge on any atom is 0.191 e. The number of rotatable bonds is 6. The van der Waals surface area contributed by atoms with Crippen LogP contribution < -0.4 is 16.0 Å². The van der Waals surface area contributed by atoms with Crippen LogP contribution in [0.3, 0.4) is 0 Å². The Morgan fingerprint density at radius 1 is 1.10 bits per heavy atom. The molecule has 0 spiro atoms. The molecule has 1 aromatic carbocycles. The predicted molar refractivity (Wildman–Crippen MR) is 92.3 cm³/mol. The lowest BCUT2D eigenvalue weighted by Gasteiger charge is -2.21. The van der Waals surface area contributed by atoms with Gasteiger partial charge in [-0.2, -0.15) is 0 Å². The Balaban J connectivity index is 2.24. The standard InChI is InChI=1S/C16H27ClN4/c1-16(2,3)21-12-11-20-15(18-4)19-10-9-13-7-5-6-8-14(13)17/h5-8,21H,9-12H2,1-4H3,(H2,18,19,20). The molecule has 0 atom stereocenters. The third kappa shape index (κ3) is 7.93. The minimum Gasteiger partial charge on any atom is -0.356 e. The van der Waals surface area contributed by atoms with Crippen molar-refractivity contribution in [3.05, 3.63) is 34.9 Å². The van der Waals surface area contributed by atoms with E-state index in [2.05, 4.69) is 41.7 Å². The van der Waals surface area contributed by atoms with Gasteiger partial charge in [0.2, 0.25) is 0 Å². The molecule has 5 heteroatoms. The van der Waals surface area contributed by atoms with Gasteiger partial charge in [0.25, 0.3) is 0 Å². The van der Waals surface area contributed by atoms with Crippen LogP contribution in [0, 0.1) is 0 Å². The molecule has 4 nitrogen and oxygen atoms in total. The first-order valence-electron chi connectivity index (χ1n) is 7.35. The van der Waals surface area contributed by atoms with Crippen LogP contribution in [0.1, 0.15) is 26.3 Å². The van der Waals surface area contributed by atoms with E-state index in [1.54, 1.807) is 7.05 Å². The quantitative estimate of drug-likeness (QED) is 0.430. The van der Waals surface area contributed by atoms with Crippen molar-refractivity contribution in [1.29, 1.82) is 0 Å². The SMILES string of the molecule is CN=C(NCCNC(C)(C)C)NCCc1ccccc1Cl. The molecule has 21 heavy (non-hydrogen) atoms. The molecule has 0 heterocycles. The molecule has 0 amide bonds. The number of benzene rings is 1. The van der Waals surface area contributed by atoms with E-state index in [0.717, 1.165) is 42.6 Å². The summed E-state index contributed by atoms with van der Waals surface area (Å²) in [4.78, 5) is 4.21. The molecule has 0 aliphatic heterocycles. The van der Waals surface area contributed by atoms with Gasteiger partial charge in [0.15, 0.2) is 5.96 Å². The highest BCUT2D eigenvalue weighted by Crippen LogP contribution is 2.14. The van der Waals surface area contributed by atoms with Crippen molar-refractivity contribution in [3.63, 3.8) is 0 Å². The molecule has 118 valence electrons. The Bertz CT molecular complexity index is 452. The van der Waals surface area contributed by atoms with Gasteiger partial charge in [0.05, 0.1) is 0 Å². The Morgan fingerprint density at radius 3 is 2.38 bits per heavy atom. The molecule has 0 bridgehead atoms. The number of aliphatic imine (C=N–C) groups is 1. The van der Waals surface area contributed by atoms with E-state index in [1.807, 2.05) is 24.3 Å². The van der Waals surface area contributed by atoms with Gasteiger partial charge in [0, 0.05) is 37.2 Å². The van der Waals surface area contributed by atoms with Gasteiger partial charge in [-0.05, 0) is 38.8 Å². The number of nitrogens with one attached hydrogen (secondary N) is 3. The summed E-state index contributed by atoms with van der Waals surface area (Å²) in [7, 11) is 1.78. The van der Waals surface area contributed by atoms with Crippen LogP contribution in [-0.4, -0.2) is 38.2 Å². The van der Waals surface area contributed by atoms with Crippen molar-refractivity contribution >= 4 is 17.6 Å². The molecule has 0 fully saturated rings. The van der Waals surface area contributed by atoms with Crippen LogP contribution in [0.2, 0.25) is 5.02 Å².